The molecule has 0 radical (unpaired) electrons. The molecule has 1 heterocycles. The third kappa shape index (κ3) is 7.00. The maximum atomic E-state index is 12.8. The van der Waals surface area contributed by atoms with Crippen LogP contribution >= 0.6 is 0 Å². The van der Waals surface area contributed by atoms with Gasteiger partial charge in [0.15, 0.2) is 6.10 Å². The number of anilines is 1. The highest BCUT2D eigenvalue weighted by atomic mass is 32.2. The van der Waals surface area contributed by atoms with Gasteiger partial charge in [0.1, 0.15) is 0 Å². The number of esters is 1. The molecule has 1 aliphatic rings. The number of carbonyl (C=O) groups excluding carboxylic acids is 2. The largest absolute Gasteiger partial charge is 0.449 e. The fourth-order valence-corrected chi connectivity index (χ4v) is 5.01. The smallest absolute Gasteiger partial charge is 0.331 e. The summed E-state index contributed by atoms with van der Waals surface area (Å²) < 4.78 is 32.4. The number of nitrogens with one attached hydrogen (secondary N) is 1. The first-order valence-corrected chi connectivity index (χ1v) is 12.6. The van der Waals surface area contributed by atoms with Crippen molar-refractivity contribution in [3.05, 3.63) is 65.7 Å². The van der Waals surface area contributed by atoms with E-state index in [1.807, 2.05) is 19.1 Å². The van der Waals surface area contributed by atoms with Gasteiger partial charge in [0.25, 0.3) is 5.91 Å². The second-order valence-corrected chi connectivity index (χ2v) is 10.1. The molecule has 176 valence electrons. The van der Waals surface area contributed by atoms with Gasteiger partial charge < -0.3 is 10.1 Å². The van der Waals surface area contributed by atoms with Crippen LogP contribution in [0.5, 0.6) is 0 Å². The van der Waals surface area contributed by atoms with Crippen LogP contribution in [0.15, 0.2) is 59.5 Å². The highest BCUT2D eigenvalue weighted by Crippen LogP contribution is 2.21. The summed E-state index contributed by atoms with van der Waals surface area (Å²) in [6, 6.07) is 13.7. The highest BCUT2D eigenvalue weighted by molar-refractivity contribution is 7.89. The summed E-state index contributed by atoms with van der Waals surface area (Å²) in [7, 11) is -3.51. The number of ether oxygens (including phenoxy) is 1. The van der Waals surface area contributed by atoms with E-state index in [1.54, 1.807) is 40.7 Å². The van der Waals surface area contributed by atoms with E-state index in [0.29, 0.717) is 24.3 Å². The molecule has 8 heteroatoms. The Morgan fingerprint density at radius 2 is 1.58 bits per heavy atom. The average molecular weight is 471 g/mol. The van der Waals surface area contributed by atoms with Crippen LogP contribution < -0.4 is 5.32 Å². The predicted octanol–water partition coefficient (Wildman–Crippen LogP) is 4.14. The first-order chi connectivity index (χ1) is 15.8. The lowest BCUT2D eigenvalue weighted by atomic mass is 10.2. The lowest BCUT2D eigenvalue weighted by Gasteiger charge is -2.19. The monoisotopic (exact) mass is 470 g/mol. The first kappa shape index (κ1) is 24.7. The molecule has 2 aromatic rings. The van der Waals surface area contributed by atoms with Crippen molar-refractivity contribution in [2.24, 2.45) is 0 Å². The molecule has 1 amide bonds. The fraction of sp³-hybridized carbons (Fsp3) is 0.360. The zero-order valence-corrected chi connectivity index (χ0v) is 19.8. The Bertz CT molecular complexity index is 1080. The number of nitrogens with zero attached hydrogens (tertiary/aromatic N) is 1. The summed E-state index contributed by atoms with van der Waals surface area (Å²) in [5.74, 6) is -1.09. The Morgan fingerprint density at radius 3 is 2.18 bits per heavy atom. The number of rotatable bonds is 7. The Hall–Kier alpha value is -2.97. The van der Waals surface area contributed by atoms with Crippen molar-refractivity contribution >= 4 is 33.7 Å². The van der Waals surface area contributed by atoms with Crippen molar-refractivity contribution in [1.82, 2.24) is 4.31 Å². The first-order valence-electron chi connectivity index (χ1n) is 11.1. The second-order valence-electron chi connectivity index (χ2n) is 8.16. The third-order valence-electron chi connectivity index (χ3n) is 5.48. The molecule has 2 aromatic carbocycles. The molecule has 0 aliphatic carbocycles. The zero-order chi connectivity index (χ0) is 23.8. The third-order valence-corrected chi connectivity index (χ3v) is 7.39. The van der Waals surface area contributed by atoms with E-state index < -0.39 is 28.0 Å². The molecule has 0 spiro atoms. The van der Waals surface area contributed by atoms with Gasteiger partial charge in [-0.2, -0.15) is 4.31 Å². The summed E-state index contributed by atoms with van der Waals surface area (Å²) in [6.07, 6.45) is 5.64. The van der Waals surface area contributed by atoms with Crippen molar-refractivity contribution in [1.29, 1.82) is 0 Å². The van der Waals surface area contributed by atoms with Gasteiger partial charge in [-0.05, 0) is 62.6 Å². The van der Waals surface area contributed by atoms with Crippen molar-refractivity contribution in [2.75, 3.05) is 18.4 Å². The molecule has 0 bridgehead atoms. The van der Waals surface area contributed by atoms with E-state index in [4.69, 9.17) is 4.74 Å². The van der Waals surface area contributed by atoms with Crippen LogP contribution in [0.3, 0.4) is 0 Å². The van der Waals surface area contributed by atoms with Gasteiger partial charge in [-0.25, -0.2) is 13.2 Å². The SMILES string of the molecule is Cc1ccc(NC(=O)C(C)OC(=O)/C=C/c2ccc(S(=O)(=O)N3CCCCCC3)cc2)cc1. The van der Waals surface area contributed by atoms with E-state index in [1.165, 1.54) is 19.1 Å². The van der Waals surface area contributed by atoms with Crippen LogP contribution in [0, 0.1) is 6.92 Å². The van der Waals surface area contributed by atoms with Crippen LogP contribution in [-0.4, -0.2) is 43.8 Å². The van der Waals surface area contributed by atoms with Crippen molar-refractivity contribution in [3.8, 4) is 0 Å². The number of hydrogen-bond donors (Lipinski definition) is 1. The fourth-order valence-electron chi connectivity index (χ4n) is 3.49. The minimum Gasteiger partial charge on any atom is -0.449 e. The summed E-state index contributed by atoms with van der Waals surface area (Å²) in [4.78, 5) is 24.6. The van der Waals surface area contributed by atoms with Crippen molar-refractivity contribution in [2.45, 2.75) is 50.5 Å². The zero-order valence-electron chi connectivity index (χ0n) is 19.0. The van der Waals surface area contributed by atoms with Crippen LogP contribution in [0.25, 0.3) is 6.08 Å². The van der Waals surface area contributed by atoms with E-state index in [0.717, 1.165) is 31.2 Å². The quantitative estimate of drug-likeness (QED) is 0.485. The topological polar surface area (TPSA) is 92.8 Å². The summed E-state index contributed by atoms with van der Waals surface area (Å²) in [5, 5.41) is 2.70. The maximum Gasteiger partial charge on any atom is 0.331 e. The number of sulfonamides is 1. The summed E-state index contributed by atoms with van der Waals surface area (Å²) in [5.41, 5.74) is 2.35. The number of aryl methyl sites for hydroxylation is 1. The predicted molar refractivity (Wildman–Crippen MR) is 128 cm³/mol. The van der Waals surface area contributed by atoms with Crippen molar-refractivity contribution < 1.29 is 22.7 Å². The van der Waals surface area contributed by atoms with Crippen LogP contribution in [0.4, 0.5) is 5.69 Å². The summed E-state index contributed by atoms with van der Waals surface area (Å²) >= 11 is 0. The molecular weight excluding hydrogens is 440 g/mol. The van der Waals surface area contributed by atoms with Crippen LogP contribution in [0.1, 0.15) is 43.7 Å². The van der Waals surface area contributed by atoms with Crippen LogP contribution in [0.2, 0.25) is 0 Å². The van der Waals surface area contributed by atoms with E-state index in [2.05, 4.69) is 5.32 Å². The van der Waals surface area contributed by atoms with E-state index in [-0.39, 0.29) is 4.90 Å². The molecular formula is C25H30N2O5S. The van der Waals surface area contributed by atoms with Gasteiger partial charge in [-0.1, -0.05) is 42.7 Å². The lowest BCUT2D eigenvalue weighted by molar-refractivity contribution is -0.148. The molecule has 33 heavy (non-hydrogen) atoms. The molecule has 7 nitrogen and oxygen atoms in total. The van der Waals surface area contributed by atoms with Gasteiger partial charge in [0.2, 0.25) is 10.0 Å². The van der Waals surface area contributed by atoms with E-state index >= 15 is 0 Å². The Balaban J connectivity index is 1.55. The standard InChI is InChI=1S/C25H30N2O5S/c1-19-7-12-22(13-8-19)26-25(29)20(2)32-24(28)16-11-21-9-14-23(15-10-21)33(30,31)27-17-5-3-4-6-18-27/h7-16,20H,3-6,17-18H2,1-2H3,(H,26,29)/b16-11+. The lowest BCUT2D eigenvalue weighted by Crippen LogP contribution is -2.31. The Kier molecular flexibility index (Phi) is 8.41. The molecule has 0 saturated carbocycles. The van der Waals surface area contributed by atoms with Crippen molar-refractivity contribution in [3.63, 3.8) is 0 Å². The molecule has 1 atom stereocenters. The molecule has 1 saturated heterocycles. The van der Waals surface area contributed by atoms with Gasteiger partial charge in [0.05, 0.1) is 4.90 Å². The number of amides is 1. The highest BCUT2D eigenvalue weighted by Gasteiger charge is 2.24. The Labute approximate surface area is 195 Å². The minimum atomic E-state index is -3.51. The van der Waals surface area contributed by atoms with Gasteiger partial charge in [-0.15, -0.1) is 0 Å². The van der Waals surface area contributed by atoms with Gasteiger partial charge in [0, 0.05) is 24.9 Å². The van der Waals surface area contributed by atoms with Gasteiger partial charge in [-0.3, -0.25) is 4.79 Å². The molecule has 1 unspecified atom stereocenters. The molecule has 1 N–H and O–H groups in total. The van der Waals surface area contributed by atoms with Gasteiger partial charge >= 0.3 is 5.97 Å². The molecule has 0 aromatic heterocycles. The second kappa shape index (κ2) is 11.2. The number of hydrogen-bond acceptors (Lipinski definition) is 5. The normalized spacial score (nSPS) is 16.2. The summed E-state index contributed by atoms with van der Waals surface area (Å²) in [6.45, 7) is 4.54. The van der Waals surface area contributed by atoms with Crippen LogP contribution in [-0.2, 0) is 24.3 Å². The molecule has 3 rings (SSSR count). The average Bonchev–Trinajstić information content (AvgIpc) is 3.10. The molecule has 1 fully saturated rings. The number of carbonyl (C=O) groups is 2. The van der Waals surface area contributed by atoms with E-state index in [9.17, 15) is 18.0 Å². The minimum absolute atomic E-state index is 0.241. The Morgan fingerprint density at radius 1 is 0.970 bits per heavy atom. The maximum absolute atomic E-state index is 12.8. The molecule has 1 aliphatic heterocycles. The number of benzene rings is 2.